The van der Waals surface area contributed by atoms with Crippen molar-refractivity contribution in [2.75, 3.05) is 31.3 Å². The van der Waals surface area contributed by atoms with E-state index in [9.17, 15) is 22.4 Å². The fourth-order valence-electron chi connectivity index (χ4n) is 4.41. The molecule has 0 aliphatic carbocycles. The number of hydrogen-bond donors (Lipinski definition) is 1. The molecule has 2 amide bonds. The molecule has 212 valence electrons. The van der Waals surface area contributed by atoms with E-state index in [1.54, 1.807) is 21.6 Å². The average Bonchev–Trinajstić information content (AvgIpc) is 3.59. The number of fused-ring (bicyclic) bond motifs is 1. The Hall–Kier alpha value is -4.07. The van der Waals surface area contributed by atoms with Gasteiger partial charge in [0, 0.05) is 37.6 Å². The summed E-state index contributed by atoms with van der Waals surface area (Å²) in [5, 5.41) is 11.7. The summed E-state index contributed by atoms with van der Waals surface area (Å²) < 4.78 is 41.0. The molecule has 0 saturated carbocycles. The number of halogens is 1. The van der Waals surface area contributed by atoms with Gasteiger partial charge in [-0.1, -0.05) is 30.0 Å². The lowest BCUT2D eigenvalue weighted by Crippen LogP contribution is -2.30. The van der Waals surface area contributed by atoms with Gasteiger partial charge in [0.25, 0.3) is 5.91 Å². The van der Waals surface area contributed by atoms with Crippen molar-refractivity contribution in [3.8, 4) is 5.69 Å². The minimum Gasteiger partial charge on any atom is -0.345 e. The number of sulfonamides is 1. The molecule has 0 fully saturated rings. The number of para-hydroxylation sites is 1. The first-order valence-electron chi connectivity index (χ1n) is 12.7. The van der Waals surface area contributed by atoms with Crippen molar-refractivity contribution in [3.63, 3.8) is 0 Å². The van der Waals surface area contributed by atoms with Crippen LogP contribution in [0.2, 0.25) is 0 Å². The number of anilines is 1. The Morgan fingerprint density at radius 2 is 1.71 bits per heavy atom. The number of benzene rings is 3. The summed E-state index contributed by atoms with van der Waals surface area (Å²) in [5.74, 6) is -0.429. The maximum atomic E-state index is 13.7. The molecule has 0 radical (unpaired) electrons. The molecule has 10 nitrogen and oxygen atoms in total. The number of hydrogen-bond acceptors (Lipinski definition) is 7. The minimum atomic E-state index is -3.62. The number of aromatic nitrogens is 3. The van der Waals surface area contributed by atoms with Gasteiger partial charge in [0.05, 0.1) is 17.2 Å². The van der Waals surface area contributed by atoms with Crippen LogP contribution in [0.3, 0.4) is 0 Å². The van der Waals surface area contributed by atoms with Gasteiger partial charge in [-0.3, -0.25) is 14.2 Å². The van der Waals surface area contributed by atoms with E-state index >= 15 is 0 Å². The predicted octanol–water partition coefficient (Wildman–Crippen LogP) is 3.27. The Morgan fingerprint density at radius 1 is 1.00 bits per heavy atom. The number of rotatable bonds is 9. The van der Waals surface area contributed by atoms with E-state index in [1.807, 2.05) is 24.3 Å². The van der Waals surface area contributed by atoms with E-state index in [0.29, 0.717) is 23.2 Å². The Balaban J connectivity index is 1.32. The molecule has 0 saturated heterocycles. The fourth-order valence-corrected chi connectivity index (χ4v) is 6.16. The standard InChI is InChI=1S/C28H27FN6O4S2/c1-33(2)41(38,39)23-13-7-20(8-14-23)27(37)30-17-25-31-32-28(35(25)22-11-9-21(29)10-12-22)40-18-26(36)34-16-15-19-5-3-4-6-24(19)34/h3-14H,15-18H2,1-2H3,(H,30,37). The number of nitrogens with zero attached hydrogens (tertiary/aromatic N) is 5. The van der Waals surface area contributed by atoms with Gasteiger partial charge < -0.3 is 10.2 Å². The zero-order valence-corrected chi connectivity index (χ0v) is 24.0. The highest BCUT2D eigenvalue weighted by Crippen LogP contribution is 2.29. The third-order valence-corrected chi connectivity index (χ3v) is 9.34. The second kappa shape index (κ2) is 11.8. The van der Waals surface area contributed by atoms with Gasteiger partial charge in [-0.25, -0.2) is 17.1 Å². The molecule has 1 aliphatic rings. The van der Waals surface area contributed by atoms with Crippen LogP contribution in [0.25, 0.3) is 5.69 Å². The molecule has 1 N–H and O–H groups in total. The van der Waals surface area contributed by atoms with Gasteiger partial charge in [0.1, 0.15) is 5.82 Å². The van der Waals surface area contributed by atoms with Crippen LogP contribution in [0.5, 0.6) is 0 Å². The normalized spacial score (nSPS) is 12.9. The molecular weight excluding hydrogens is 567 g/mol. The second-order valence-corrected chi connectivity index (χ2v) is 12.5. The van der Waals surface area contributed by atoms with Crippen LogP contribution < -0.4 is 10.2 Å². The van der Waals surface area contributed by atoms with Crippen molar-refractivity contribution < 1.29 is 22.4 Å². The molecule has 0 spiro atoms. The summed E-state index contributed by atoms with van der Waals surface area (Å²) in [5.41, 5.74) is 2.88. The monoisotopic (exact) mass is 594 g/mol. The Bertz CT molecular complexity index is 1690. The quantitative estimate of drug-likeness (QED) is 0.296. The first-order valence-corrected chi connectivity index (χ1v) is 15.1. The van der Waals surface area contributed by atoms with Gasteiger partial charge in [-0.15, -0.1) is 10.2 Å². The van der Waals surface area contributed by atoms with E-state index in [2.05, 4.69) is 15.5 Å². The van der Waals surface area contributed by atoms with Crippen LogP contribution in [0.4, 0.5) is 10.1 Å². The minimum absolute atomic E-state index is 0.0189. The van der Waals surface area contributed by atoms with Crippen LogP contribution in [0.15, 0.2) is 82.8 Å². The second-order valence-electron chi connectivity index (χ2n) is 9.42. The third kappa shape index (κ3) is 6.01. The SMILES string of the molecule is CN(C)S(=O)(=O)c1ccc(C(=O)NCc2nnc(SCC(=O)N3CCc4ccccc43)n2-c2ccc(F)cc2)cc1. The van der Waals surface area contributed by atoms with Crippen molar-refractivity contribution in [2.24, 2.45) is 0 Å². The molecule has 3 aromatic carbocycles. The molecule has 0 atom stereocenters. The van der Waals surface area contributed by atoms with Crippen molar-refractivity contribution in [2.45, 2.75) is 23.0 Å². The highest BCUT2D eigenvalue weighted by atomic mass is 32.2. The molecular formula is C28H27FN6O4S2. The zero-order chi connectivity index (χ0) is 29.1. The van der Waals surface area contributed by atoms with Crippen molar-refractivity contribution in [1.82, 2.24) is 24.4 Å². The molecule has 41 heavy (non-hydrogen) atoms. The number of carbonyl (C=O) groups is 2. The summed E-state index contributed by atoms with van der Waals surface area (Å²) in [6, 6.07) is 19.2. The largest absolute Gasteiger partial charge is 0.345 e. The summed E-state index contributed by atoms with van der Waals surface area (Å²) in [6.45, 7) is 0.595. The van der Waals surface area contributed by atoms with Crippen molar-refractivity contribution >= 4 is 39.3 Å². The Labute approximate surface area is 241 Å². The molecule has 13 heteroatoms. The molecule has 0 unspecified atom stereocenters. The van der Waals surface area contributed by atoms with E-state index in [4.69, 9.17) is 0 Å². The number of thioether (sulfide) groups is 1. The van der Waals surface area contributed by atoms with Crippen LogP contribution in [0.1, 0.15) is 21.7 Å². The first kappa shape index (κ1) is 28.5. The summed E-state index contributed by atoms with van der Waals surface area (Å²) >= 11 is 1.20. The zero-order valence-electron chi connectivity index (χ0n) is 22.3. The molecule has 5 rings (SSSR count). The number of amides is 2. The lowest BCUT2D eigenvalue weighted by Gasteiger charge is -2.17. The topological polar surface area (TPSA) is 118 Å². The summed E-state index contributed by atoms with van der Waals surface area (Å²) in [4.78, 5) is 27.8. The van der Waals surface area contributed by atoms with Crippen LogP contribution in [-0.2, 0) is 27.8 Å². The van der Waals surface area contributed by atoms with E-state index in [-0.39, 0.29) is 28.7 Å². The lowest BCUT2D eigenvalue weighted by molar-refractivity contribution is -0.116. The summed E-state index contributed by atoms with van der Waals surface area (Å²) in [7, 11) is -0.756. The van der Waals surface area contributed by atoms with Crippen LogP contribution in [-0.4, -0.2) is 65.7 Å². The molecule has 2 heterocycles. The Kier molecular flexibility index (Phi) is 8.20. The Morgan fingerprint density at radius 3 is 2.41 bits per heavy atom. The highest BCUT2D eigenvalue weighted by molar-refractivity contribution is 7.99. The predicted molar refractivity (Wildman–Crippen MR) is 153 cm³/mol. The van der Waals surface area contributed by atoms with Gasteiger partial charge in [0.15, 0.2) is 11.0 Å². The van der Waals surface area contributed by atoms with E-state index in [1.165, 1.54) is 62.3 Å². The maximum Gasteiger partial charge on any atom is 0.251 e. The molecule has 1 aromatic heterocycles. The van der Waals surface area contributed by atoms with Crippen LogP contribution >= 0.6 is 11.8 Å². The smallest absolute Gasteiger partial charge is 0.251 e. The van der Waals surface area contributed by atoms with Gasteiger partial charge in [0.2, 0.25) is 15.9 Å². The van der Waals surface area contributed by atoms with Gasteiger partial charge in [-0.05, 0) is 66.6 Å². The molecule has 4 aromatic rings. The van der Waals surface area contributed by atoms with E-state index < -0.39 is 21.7 Å². The summed E-state index contributed by atoms with van der Waals surface area (Å²) in [6.07, 6.45) is 0.802. The van der Waals surface area contributed by atoms with Gasteiger partial charge >= 0.3 is 0 Å². The van der Waals surface area contributed by atoms with Crippen LogP contribution in [0, 0.1) is 5.82 Å². The van der Waals surface area contributed by atoms with Crippen molar-refractivity contribution in [3.05, 3.63) is 95.6 Å². The molecule has 1 aliphatic heterocycles. The van der Waals surface area contributed by atoms with Gasteiger partial charge in [-0.2, -0.15) is 0 Å². The number of nitrogens with one attached hydrogen (secondary N) is 1. The van der Waals surface area contributed by atoms with Crippen molar-refractivity contribution in [1.29, 1.82) is 0 Å². The maximum absolute atomic E-state index is 13.7. The fraction of sp³-hybridized carbons (Fsp3) is 0.214. The first-order chi connectivity index (χ1) is 19.6. The highest BCUT2D eigenvalue weighted by Gasteiger charge is 2.25. The van der Waals surface area contributed by atoms with E-state index in [0.717, 1.165) is 22.0 Å². The third-order valence-electron chi connectivity index (χ3n) is 6.60. The molecule has 0 bridgehead atoms. The average molecular weight is 595 g/mol. The lowest BCUT2D eigenvalue weighted by atomic mass is 10.2. The number of carbonyl (C=O) groups excluding carboxylic acids is 2.